The molecule has 1 heterocycles. The van der Waals surface area contributed by atoms with E-state index >= 15 is 0 Å². The largest absolute Gasteiger partial charge is 0.293 e. The zero-order valence-corrected chi connectivity index (χ0v) is 13.4. The number of hydrogen-bond donors (Lipinski definition) is 0. The fraction of sp³-hybridized carbons (Fsp3) is 0.154. The standard InChI is InChI=1S/C13H9BrCl2OS/c1-2-10(17)11-3-4-12(18-11)13-8(15)5-7(14)6-9(13)16/h3-6H,2H2,1H3. The predicted molar refractivity (Wildman–Crippen MR) is 82.1 cm³/mol. The van der Waals surface area contributed by atoms with Gasteiger partial charge in [-0.3, -0.25) is 4.79 Å². The second kappa shape index (κ2) is 5.74. The van der Waals surface area contributed by atoms with Crippen molar-refractivity contribution in [2.45, 2.75) is 13.3 Å². The van der Waals surface area contributed by atoms with Gasteiger partial charge in [0.2, 0.25) is 0 Å². The van der Waals surface area contributed by atoms with Crippen LogP contribution in [0.15, 0.2) is 28.7 Å². The van der Waals surface area contributed by atoms with E-state index in [1.165, 1.54) is 11.3 Å². The number of ketones is 1. The maximum atomic E-state index is 11.6. The van der Waals surface area contributed by atoms with Crippen molar-refractivity contribution in [2.24, 2.45) is 0 Å². The molecule has 0 saturated heterocycles. The van der Waals surface area contributed by atoms with Gasteiger partial charge in [-0.05, 0) is 24.3 Å². The minimum atomic E-state index is 0.135. The van der Waals surface area contributed by atoms with Gasteiger partial charge in [0.05, 0.1) is 14.9 Å². The summed E-state index contributed by atoms with van der Waals surface area (Å²) in [5, 5.41) is 1.15. The van der Waals surface area contributed by atoms with Crippen molar-refractivity contribution < 1.29 is 4.79 Å². The van der Waals surface area contributed by atoms with Gasteiger partial charge in [0, 0.05) is 21.3 Å². The first-order chi connectivity index (χ1) is 8.52. The molecule has 94 valence electrons. The third-order valence-electron chi connectivity index (χ3n) is 2.46. The lowest BCUT2D eigenvalue weighted by Gasteiger charge is -2.05. The van der Waals surface area contributed by atoms with Gasteiger partial charge in [0.1, 0.15) is 0 Å². The number of benzene rings is 1. The first-order valence-corrected chi connectivity index (χ1v) is 7.67. The number of carbonyl (C=O) groups is 1. The van der Waals surface area contributed by atoms with E-state index in [-0.39, 0.29) is 5.78 Å². The van der Waals surface area contributed by atoms with E-state index in [9.17, 15) is 4.79 Å². The lowest BCUT2D eigenvalue weighted by atomic mass is 10.2. The van der Waals surface area contributed by atoms with Crippen molar-refractivity contribution >= 4 is 56.3 Å². The number of rotatable bonds is 3. The fourth-order valence-electron chi connectivity index (χ4n) is 1.57. The molecule has 0 N–H and O–H groups in total. The zero-order valence-electron chi connectivity index (χ0n) is 9.47. The molecule has 0 amide bonds. The average Bonchev–Trinajstić information content (AvgIpc) is 2.76. The Kier molecular flexibility index (Phi) is 4.49. The number of hydrogen-bond acceptors (Lipinski definition) is 2. The normalized spacial score (nSPS) is 10.7. The van der Waals surface area contributed by atoms with Gasteiger partial charge < -0.3 is 0 Å². The van der Waals surface area contributed by atoms with Crippen LogP contribution in [0.5, 0.6) is 0 Å². The lowest BCUT2D eigenvalue weighted by molar-refractivity contribution is 0.0992. The summed E-state index contributed by atoms with van der Waals surface area (Å²) in [5.74, 6) is 0.135. The SMILES string of the molecule is CCC(=O)c1ccc(-c2c(Cl)cc(Br)cc2Cl)s1. The van der Waals surface area contributed by atoms with E-state index in [4.69, 9.17) is 23.2 Å². The number of Topliss-reactive ketones (excluding diaryl/α,β-unsaturated/α-hetero) is 1. The van der Waals surface area contributed by atoms with Crippen LogP contribution in [0.3, 0.4) is 0 Å². The number of carbonyl (C=O) groups excluding carboxylic acids is 1. The molecule has 0 fully saturated rings. The Morgan fingerprint density at radius 1 is 1.28 bits per heavy atom. The first kappa shape index (κ1) is 14.1. The van der Waals surface area contributed by atoms with Crippen LogP contribution < -0.4 is 0 Å². The monoisotopic (exact) mass is 362 g/mol. The quantitative estimate of drug-likeness (QED) is 0.604. The Morgan fingerprint density at radius 3 is 2.44 bits per heavy atom. The summed E-state index contributed by atoms with van der Waals surface area (Å²) in [7, 11) is 0. The molecular weight excluding hydrogens is 355 g/mol. The molecular formula is C13H9BrCl2OS. The van der Waals surface area contributed by atoms with E-state index in [1.807, 2.05) is 19.1 Å². The van der Waals surface area contributed by atoms with Gasteiger partial charge in [-0.25, -0.2) is 0 Å². The van der Waals surface area contributed by atoms with Crippen LogP contribution in [0.1, 0.15) is 23.0 Å². The smallest absolute Gasteiger partial charge is 0.172 e. The van der Waals surface area contributed by atoms with E-state index < -0.39 is 0 Å². The highest BCUT2D eigenvalue weighted by Crippen LogP contribution is 2.40. The predicted octanol–water partition coefficient (Wildman–Crippen LogP) is 6.08. The van der Waals surface area contributed by atoms with E-state index in [0.717, 1.165) is 19.8 Å². The van der Waals surface area contributed by atoms with E-state index in [1.54, 1.807) is 12.1 Å². The van der Waals surface area contributed by atoms with Crippen LogP contribution in [0, 0.1) is 0 Å². The van der Waals surface area contributed by atoms with Crippen molar-refractivity contribution in [3.05, 3.63) is 43.7 Å². The molecule has 0 aliphatic rings. The molecule has 0 atom stereocenters. The van der Waals surface area contributed by atoms with Gasteiger partial charge in [0.15, 0.2) is 5.78 Å². The Labute approximate surface area is 128 Å². The van der Waals surface area contributed by atoms with Crippen LogP contribution in [0.25, 0.3) is 10.4 Å². The van der Waals surface area contributed by atoms with E-state index in [2.05, 4.69) is 15.9 Å². The lowest BCUT2D eigenvalue weighted by Crippen LogP contribution is -1.90. The zero-order chi connectivity index (χ0) is 13.3. The van der Waals surface area contributed by atoms with Crippen LogP contribution >= 0.6 is 50.5 Å². The summed E-state index contributed by atoms with van der Waals surface area (Å²) in [6.45, 7) is 1.85. The van der Waals surface area contributed by atoms with Crippen LogP contribution in [-0.4, -0.2) is 5.78 Å². The molecule has 0 spiro atoms. The minimum absolute atomic E-state index is 0.135. The Morgan fingerprint density at radius 2 is 1.89 bits per heavy atom. The molecule has 0 unspecified atom stereocenters. The maximum Gasteiger partial charge on any atom is 0.172 e. The highest BCUT2D eigenvalue weighted by atomic mass is 79.9. The summed E-state index contributed by atoms with van der Waals surface area (Å²) in [5.41, 5.74) is 0.779. The molecule has 2 aromatic rings. The second-order valence-electron chi connectivity index (χ2n) is 3.69. The van der Waals surface area contributed by atoms with Crippen molar-refractivity contribution in [3.63, 3.8) is 0 Å². The maximum absolute atomic E-state index is 11.6. The molecule has 1 nitrogen and oxygen atoms in total. The second-order valence-corrected chi connectivity index (χ2v) is 6.50. The van der Waals surface area contributed by atoms with E-state index in [0.29, 0.717) is 16.5 Å². The van der Waals surface area contributed by atoms with Crippen molar-refractivity contribution in [1.29, 1.82) is 0 Å². The Bertz CT molecular complexity index is 584. The van der Waals surface area contributed by atoms with Gasteiger partial charge in [-0.2, -0.15) is 0 Å². The van der Waals surface area contributed by atoms with Crippen LogP contribution in [0.2, 0.25) is 10.0 Å². The third-order valence-corrected chi connectivity index (χ3v) is 4.65. The molecule has 5 heteroatoms. The van der Waals surface area contributed by atoms with Crippen LogP contribution in [-0.2, 0) is 0 Å². The number of thiophene rings is 1. The highest BCUT2D eigenvalue weighted by Gasteiger charge is 2.14. The topological polar surface area (TPSA) is 17.1 Å². The summed E-state index contributed by atoms with van der Waals surface area (Å²) in [4.78, 5) is 13.3. The Balaban J connectivity index is 2.49. The van der Waals surface area contributed by atoms with Crippen LogP contribution in [0.4, 0.5) is 0 Å². The molecule has 0 radical (unpaired) electrons. The summed E-state index contributed by atoms with van der Waals surface area (Å²) in [6, 6.07) is 7.29. The van der Waals surface area contributed by atoms with Crippen molar-refractivity contribution in [1.82, 2.24) is 0 Å². The third kappa shape index (κ3) is 2.80. The molecule has 0 saturated carbocycles. The van der Waals surface area contributed by atoms with Crippen molar-refractivity contribution in [3.8, 4) is 10.4 Å². The van der Waals surface area contributed by atoms with Crippen molar-refractivity contribution in [2.75, 3.05) is 0 Å². The summed E-state index contributed by atoms with van der Waals surface area (Å²) < 4.78 is 0.836. The molecule has 1 aromatic heterocycles. The van der Waals surface area contributed by atoms with Gasteiger partial charge >= 0.3 is 0 Å². The molecule has 0 bridgehead atoms. The average molecular weight is 364 g/mol. The molecule has 18 heavy (non-hydrogen) atoms. The molecule has 0 aliphatic heterocycles. The Hall–Kier alpha value is -0.350. The molecule has 0 aliphatic carbocycles. The van der Waals surface area contributed by atoms with Gasteiger partial charge in [0.25, 0.3) is 0 Å². The fourth-order valence-corrected chi connectivity index (χ4v) is 4.19. The number of halogens is 3. The summed E-state index contributed by atoms with van der Waals surface area (Å²) in [6.07, 6.45) is 0.502. The van der Waals surface area contributed by atoms with Gasteiger partial charge in [-0.1, -0.05) is 46.1 Å². The summed E-state index contributed by atoms with van der Waals surface area (Å²) >= 11 is 17.2. The minimum Gasteiger partial charge on any atom is -0.293 e. The first-order valence-electron chi connectivity index (χ1n) is 5.31. The molecule has 1 aromatic carbocycles. The molecule has 2 rings (SSSR count). The van der Waals surface area contributed by atoms with Gasteiger partial charge in [-0.15, -0.1) is 11.3 Å². The highest BCUT2D eigenvalue weighted by molar-refractivity contribution is 9.10.